The van der Waals surface area contributed by atoms with Crippen molar-refractivity contribution in [1.82, 2.24) is 0 Å². The summed E-state index contributed by atoms with van der Waals surface area (Å²) in [5.41, 5.74) is 0. The number of ether oxygens (including phenoxy) is 1. The van der Waals surface area contributed by atoms with E-state index in [2.05, 4.69) is 12.2 Å². The van der Waals surface area contributed by atoms with Gasteiger partial charge in [-0.3, -0.25) is 0 Å². The van der Waals surface area contributed by atoms with Gasteiger partial charge in [0.25, 0.3) is 0 Å². The molecule has 1 fully saturated rings. The molecule has 4 unspecified atom stereocenters. The molecule has 4 atom stereocenters. The number of esters is 1. The normalized spacial score (nSPS) is 30.4. The van der Waals surface area contributed by atoms with Crippen LogP contribution in [0.4, 0.5) is 0 Å². The maximum absolute atomic E-state index is 9.85. The van der Waals surface area contributed by atoms with Crippen molar-refractivity contribution >= 4 is 5.97 Å². The van der Waals surface area contributed by atoms with E-state index in [1.165, 1.54) is 6.61 Å². The van der Waals surface area contributed by atoms with Gasteiger partial charge in [0.1, 0.15) is 5.92 Å². The van der Waals surface area contributed by atoms with E-state index < -0.39 is 0 Å². The molecule has 0 amide bonds. The summed E-state index contributed by atoms with van der Waals surface area (Å²) in [6.07, 6.45) is 7.09. The van der Waals surface area contributed by atoms with E-state index in [1.807, 2.05) is 6.92 Å². The van der Waals surface area contributed by atoms with E-state index in [-0.39, 0.29) is 80.2 Å². The molecule has 0 heterocycles. The largest absolute Gasteiger partial charge is 2.00 e. The molecular weight excluding hydrogens is 668 g/mol. The summed E-state index contributed by atoms with van der Waals surface area (Å²) >= 11 is 0. The minimum Gasteiger partial charge on any atom is -0.591 e. The van der Waals surface area contributed by atoms with Crippen molar-refractivity contribution in [3.05, 3.63) is 18.8 Å². The standard InChI is InChI=1S/C12H18O3.2U/c1-8(4-5-13)15-12(14)11-7-9-2-3-10(11)6-9;;/h2-3,5,8-11H,4,6-7,13H2,1H3;;/q;;+2/p+1. The van der Waals surface area contributed by atoms with Crippen LogP contribution in [0.25, 0.3) is 0 Å². The molecule has 2 aliphatic rings. The molecule has 2 aliphatic carbocycles. The van der Waals surface area contributed by atoms with Crippen LogP contribution in [-0.4, -0.2) is 22.0 Å². The van der Waals surface area contributed by atoms with Crippen LogP contribution in [0.2, 0.25) is 0 Å². The Morgan fingerprint density at radius 3 is 2.71 bits per heavy atom. The molecule has 0 aromatic heterocycles. The van der Waals surface area contributed by atoms with Crippen molar-refractivity contribution < 1.29 is 76.9 Å². The molecule has 0 aromatic carbocycles. The second-order valence-corrected chi connectivity index (χ2v) is 4.59. The van der Waals surface area contributed by atoms with Gasteiger partial charge in [-0.25, -0.2) is 0 Å². The van der Waals surface area contributed by atoms with Gasteiger partial charge in [-0.15, -0.1) is 0 Å². The number of allylic oxidation sites excluding steroid dienone is 2. The average molecular weight is 687 g/mol. The fourth-order valence-electron chi connectivity index (χ4n) is 2.57. The SMILES string of the molecule is CC(C[CH-][OH2+])OC(=[OH+])C1CC2C=CC1C2.[U+2].[U]. The topological polar surface area (TPSA) is 53.5 Å². The molecule has 90 valence electrons. The van der Waals surface area contributed by atoms with Crippen LogP contribution < -0.4 is 0 Å². The number of hydrogen-bond donors (Lipinski definition) is 0. The van der Waals surface area contributed by atoms with Gasteiger partial charge in [0.2, 0.25) is 0 Å². The Hall–Kier alpha value is 1.27. The average Bonchev–Trinajstić information content (AvgIpc) is 2.78. The van der Waals surface area contributed by atoms with E-state index in [0.717, 1.165) is 12.8 Å². The third kappa shape index (κ3) is 4.70. The van der Waals surface area contributed by atoms with Gasteiger partial charge < -0.3 is 14.6 Å². The van der Waals surface area contributed by atoms with Crippen LogP contribution in [0.3, 0.4) is 0 Å². The second-order valence-electron chi connectivity index (χ2n) is 4.59. The molecule has 0 spiro atoms. The summed E-state index contributed by atoms with van der Waals surface area (Å²) in [7, 11) is 0. The summed E-state index contributed by atoms with van der Waals surface area (Å²) in [5.74, 6) is 1.49. The Balaban J connectivity index is 0.00000128. The van der Waals surface area contributed by atoms with E-state index in [9.17, 15) is 4.79 Å². The van der Waals surface area contributed by atoms with Gasteiger partial charge in [0, 0.05) is 31.1 Å². The number of rotatable bonds is 4. The minimum absolute atomic E-state index is 0. The van der Waals surface area contributed by atoms with E-state index in [0.29, 0.717) is 18.3 Å². The molecule has 2 rings (SSSR count). The first-order valence-electron chi connectivity index (χ1n) is 5.60. The molecule has 0 aliphatic heterocycles. The van der Waals surface area contributed by atoms with Gasteiger partial charge in [-0.05, 0) is 44.6 Å². The van der Waals surface area contributed by atoms with Crippen molar-refractivity contribution in [2.24, 2.45) is 17.8 Å². The fraction of sp³-hybridized carbons (Fsp3) is 0.667. The van der Waals surface area contributed by atoms with Crippen molar-refractivity contribution in [3.8, 4) is 0 Å². The third-order valence-corrected chi connectivity index (χ3v) is 3.37. The van der Waals surface area contributed by atoms with Crippen molar-refractivity contribution in [3.63, 3.8) is 0 Å². The van der Waals surface area contributed by atoms with Gasteiger partial charge in [0.15, 0.2) is 6.10 Å². The summed E-state index contributed by atoms with van der Waals surface area (Å²) in [5, 5.41) is 6.96. The number of fused-ring (bicyclic) bond motifs is 2. The molecule has 3 nitrogen and oxygen atoms in total. The molecule has 5 heteroatoms. The first-order valence-corrected chi connectivity index (χ1v) is 5.60. The Kier molecular flexibility index (Phi) is 9.08. The molecule has 0 aromatic rings. The van der Waals surface area contributed by atoms with Gasteiger partial charge >= 0.3 is 37.1 Å². The minimum atomic E-state index is -0.0920. The predicted molar refractivity (Wildman–Crippen MR) is 58.9 cm³/mol. The van der Waals surface area contributed by atoms with Gasteiger partial charge in [0.05, 0.1) is 0 Å². The maximum Gasteiger partial charge on any atom is 2.00 e. The first-order chi connectivity index (χ1) is 7.20. The van der Waals surface area contributed by atoms with Gasteiger partial charge in [-0.1, -0.05) is 12.2 Å². The Morgan fingerprint density at radius 1 is 1.53 bits per heavy atom. The Morgan fingerprint density at radius 2 is 2.24 bits per heavy atom. The van der Waals surface area contributed by atoms with Crippen molar-refractivity contribution in [2.45, 2.75) is 32.3 Å². The summed E-state index contributed by atoms with van der Waals surface area (Å²) in [6.45, 7) is 3.20. The molecule has 0 radical (unpaired) electrons. The predicted octanol–water partition coefficient (Wildman–Crippen LogP) is 1.38. The Bertz CT molecular complexity index is 281. The molecule has 0 saturated heterocycles. The van der Waals surface area contributed by atoms with Crippen LogP contribution in [0.1, 0.15) is 26.2 Å². The quantitative estimate of drug-likeness (QED) is 0.191. The van der Waals surface area contributed by atoms with Crippen molar-refractivity contribution in [2.75, 3.05) is 0 Å². The number of carbonyl (C=O) groups excluding carboxylic acids is 1. The summed E-state index contributed by atoms with van der Waals surface area (Å²) in [6, 6.07) is 0. The monoisotopic (exact) mass is 687 g/mol. The fourth-order valence-corrected chi connectivity index (χ4v) is 2.57. The van der Waals surface area contributed by atoms with Gasteiger partial charge in [-0.2, -0.15) is 0 Å². The van der Waals surface area contributed by atoms with E-state index >= 15 is 0 Å². The van der Waals surface area contributed by atoms with E-state index in [4.69, 9.17) is 9.84 Å². The van der Waals surface area contributed by atoms with Crippen LogP contribution in [0.15, 0.2) is 12.2 Å². The smallest absolute Gasteiger partial charge is 0.591 e. The third-order valence-electron chi connectivity index (χ3n) is 3.37. The number of hydrogen-bond acceptors (Lipinski definition) is 1. The van der Waals surface area contributed by atoms with Crippen LogP contribution >= 0.6 is 0 Å². The van der Waals surface area contributed by atoms with Crippen LogP contribution in [-0.2, 0) is 4.74 Å². The molecule has 2 bridgehead atoms. The molecule has 3 N–H and O–H groups in total. The van der Waals surface area contributed by atoms with Crippen LogP contribution in [0.5, 0.6) is 0 Å². The second kappa shape index (κ2) is 8.45. The Labute approximate surface area is 150 Å². The maximum atomic E-state index is 9.85. The summed E-state index contributed by atoms with van der Waals surface area (Å²) < 4.78 is 5.41. The first kappa shape index (κ1) is 18.3. The zero-order valence-electron chi connectivity index (χ0n) is 10.0. The molecule has 1 saturated carbocycles. The zero-order chi connectivity index (χ0) is 10.8. The summed E-state index contributed by atoms with van der Waals surface area (Å²) in [4.78, 5) is 9.85. The zero-order valence-corrected chi connectivity index (χ0v) is 18.3. The van der Waals surface area contributed by atoms with Crippen LogP contribution in [0, 0.1) is 86.6 Å². The van der Waals surface area contributed by atoms with Crippen molar-refractivity contribution in [1.29, 1.82) is 0 Å². The molecule has 17 heavy (non-hydrogen) atoms. The molecular formula is C12H19O3U2+3. The van der Waals surface area contributed by atoms with E-state index in [1.54, 1.807) is 0 Å².